The van der Waals surface area contributed by atoms with Gasteiger partial charge in [-0.3, -0.25) is 0 Å². The van der Waals surface area contributed by atoms with Crippen molar-refractivity contribution in [3.63, 3.8) is 0 Å². The maximum Gasteiger partial charge on any atom is 0.433 e. The molecule has 2 aromatic heterocycles. The number of anilines is 1. The second-order valence-corrected chi connectivity index (χ2v) is 4.64. The Morgan fingerprint density at radius 1 is 0.783 bits per heavy atom. The molecule has 0 aliphatic carbocycles. The lowest BCUT2D eigenvalue weighted by atomic mass is 10.1. The summed E-state index contributed by atoms with van der Waals surface area (Å²) >= 11 is 0. The van der Waals surface area contributed by atoms with Gasteiger partial charge in [0.25, 0.3) is 0 Å². The van der Waals surface area contributed by atoms with E-state index in [1.165, 1.54) is 12.1 Å². The quantitative estimate of drug-likeness (QED) is 0.785. The summed E-state index contributed by atoms with van der Waals surface area (Å²) in [6.45, 7) is 0. The molecule has 8 heteroatoms. The summed E-state index contributed by atoms with van der Waals surface area (Å²) < 4.78 is 38.5. The van der Waals surface area contributed by atoms with Gasteiger partial charge in [0.15, 0.2) is 0 Å². The first-order valence-corrected chi connectivity index (χ1v) is 6.55. The minimum Gasteiger partial charge on any atom is -0.366 e. The van der Waals surface area contributed by atoms with E-state index in [9.17, 15) is 13.2 Å². The molecular formula is C15H10F3N5. The van der Waals surface area contributed by atoms with E-state index in [-0.39, 0.29) is 17.3 Å². The van der Waals surface area contributed by atoms with Gasteiger partial charge in [0, 0.05) is 5.56 Å². The van der Waals surface area contributed by atoms with Crippen molar-refractivity contribution in [3.05, 3.63) is 54.2 Å². The van der Waals surface area contributed by atoms with Gasteiger partial charge in [0.2, 0.25) is 5.95 Å². The number of hydrogen-bond donors (Lipinski definition) is 1. The Bertz CT molecular complexity index is 834. The van der Waals surface area contributed by atoms with Crippen molar-refractivity contribution in [2.75, 3.05) is 5.73 Å². The molecule has 0 amide bonds. The van der Waals surface area contributed by atoms with Crippen molar-refractivity contribution >= 4 is 5.95 Å². The van der Waals surface area contributed by atoms with Crippen molar-refractivity contribution in [3.8, 4) is 22.6 Å². The van der Waals surface area contributed by atoms with Crippen LogP contribution in [0.15, 0.2) is 48.5 Å². The number of hydrogen-bond acceptors (Lipinski definition) is 5. The van der Waals surface area contributed by atoms with Gasteiger partial charge in [-0.15, -0.1) is 10.2 Å². The molecule has 2 heterocycles. The monoisotopic (exact) mass is 317 g/mol. The number of nitrogens with zero attached hydrogens (tertiary/aromatic N) is 4. The molecule has 0 aliphatic rings. The zero-order valence-corrected chi connectivity index (χ0v) is 11.6. The first kappa shape index (κ1) is 14.9. The van der Waals surface area contributed by atoms with Crippen molar-refractivity contribution in [2.45, 2.75) is 6.18 Å². The van der Waals surface area contributed by atoms with Gasteiger partial charge in [0.1, 0.15) is 17.1 Å². The fourth-order valence-electron chi connectivity index (χ4n) is 2.03. The van der Waals surface area contributed by atoms with Crippen LogP contribution in [0.25, 0.3) is 22.6 Å². The van der Waals surface area contributed by atoms with Crippen molar-refractivity contribution in [2.24, 2.45) is 0 Å². The van der Waals surface area contributed by atoms with E-state index in [4.69, 9.17) is 5.73 Å². The molecule has 3 aromatic rings. The van der Waals surface area contributed by atoms with Gasteiger partial charge >= 0.3 is 6.18 Å². The van der Waals surface area contributed by atoms with E-state index < -0.39 is 11.9 Å². The molecule has 0 radical (unpaired) electrons. The first-order valence-electron chi connectivity index (χ1n) is 6.55. The second kappa shape index (κ2) is 5.64. The van der Waals surface area contributed by atoms with E-state index in [0.717, 1.165) is 6.07 Å². The molecular weight excluding hydrogens is 307 g/mol. The van der Waals surface area contributed by atoms with E-state index in [1.807, 2.05) is 6.07 Å². The predicted molar refractivity (Wildman–Crippen MR) is 77.9 cm³/mol. The van der Waals surface area contributed by atoms with Gasteiger partial charge in [-0.1, -0.05) is 36.4 Å². The van der Waals surface area contributed by atoms with Gasteiger partial charge < -0.3 is 5.73 Å². The number of halogens is 3. The number of benzene rings is 1. The summed E-state index contributed by atoms with van der Waals surface area (Å²) in [6, 6.07) is 12.4. The van der Waals surface area contributed by atoms with Crippen LogP contribution >= 0.6 is 0 Å². The standard InChI is InChI=1S/C15H10F3N5/c16-15(17,18)11-8-4-7-10(20-11)13-12(21-14(19)23-22-13)9-5-2-1-3-6-9/h1-8H,(H2,19,21,23). The molecule has 0 unspecified atom stereocenters. The molecule has 23 heavy (non-hydrogen) atoms. The number of nitrogens with two attached hydrogens (primary N) is 1. The highest BCUT2D eigenvalue weighted by Gasteiger charge is 2.32. The third kappa shape index (κ3) is 3.10. The molecule has 2 N–H and O–H groups in total. The Morgan fingerprint density at radius 3 is 2.22 bits per heavy atom. The summed E-state index contributed by atoms with van der Waals surface area (Å²) in [5.74, 6) is -0.0698. The van der Waals surface area contributed by atoms with Crippen molar-refractivity contribution in [1.82, 2.24) is 20.2 Å². The highest BCUT2D eigenvalue weighted by molar-refractivity contribution is 5.76. The molecule has 0 aliphatic heterocycles. The van der Waals surface area contributed by atoms with Gasteiger partial charge in [-0.05, 0) is 12.1 Å². The highest BCUT2D eigenvalue weighted by Crippen LogP contribution is 2.31. The highest BCUT2D eigenvalue weighted by atomic mass is 19.4. The Hall–Kier alpha value is -3.03. The molecule has 3 rings (SSSR count). The summed E-state index contributed by atoms with van der Waals surface area (Å²) in [5, 5.41) is 7.51. The smallest absolute Gasteiger partial charge is 0.366 e. The number of alkyl halides is 3. The van der Waals surface area contributed by atoms with Crippen LogP contribution < -0.4 is 5.73 Å². The maximum atomic E-state index is 12.8. The lowest BCUT2D eigenvalue weighted by Crippen LogP contribution is -2.09. The largest absolute Gasteiger partial charge is 0.433 e. The lowest BCUT2D eigenvalue weighted by molar-refractivity contribution is -0.141. The Morgan fingerprint density at radius 2 is 1.52 bits per heavy atom. The minimum atomic E-state index is -4.54. The number of rotatable bonds is 2. The Balaban J connectivity index is 2.18. The Kier molecular flexibility index (Phi) is 3.65. The summed E-state index contributed by atoms with van der Waals surface area (Å²) in [6.07, 6.45) is -4.54. The topological polar surface area (TPSA) is 77.6 Å². The molecule has 0 saturated heterocycles. The molecule has 5 nitrogen and oxygen atoms in total. The molecule has 1 aromatic carbocycles. The fourth-order valence-corrected chi connectivity index (χ4v) is 2.03. The van der Waals surface area contributed by atoms with Gasteiger partial charge in [0.05, 0.1) is 5.69 Å². The average molecular weight is 317 g/mol. The Labute approximate surface area is 129 Å². The number of pyridine rings is 1. The van der Waals surface area contributed by atoms with E-state index in [2.05, 4.69) is 20.2 Å². The van der Waals surface area contributed by atoms with Crippen molar-refractivity contribution < 1.29 is 13.2 Å². The van der Waals surface area contributed by atoms with E-state index in [0.29, 0.717) is 11.3 Å². The average Bonchev–Trinajstić information content (AvgIpc) is 2.55. The second-order valence-electron chi connectivity index (χ2n) is 4.64. The van der Waals surface area contributed by atoms with Crippen LogP contribution in [0.4, 0.5) is 19.1 Å². The SMILES string of the molecule is Nc1nnc(-c2cccc(C(F)(F)F)n2)c(-c2ccccc2)n1. The molecule has 116 valence electrons. The van der Waals surface area contributed by atoms with E-state index >= 15 is 0 Å². The van der Waals surface area contributed by atoms with Crippen LogP contribution in [0.3, 0.4) is 0 Å². The third-order valence-corrected chi connectivity index (χ3v) is 3.03. The van der Waals surface area contributed by atoms with Crippen molar-refractivity contribution in [1.29, 1.82) is 0 Å². The maximum absolute atomic E-state index is 12.8. The summed E-state index contributed by atoms with van der Waals surface area (Å²) in [4.78, 5) is 7.72. The minimum absolute atomic E-state index is 0.0266. The number of aromatic nitrogens is 4. The predicted octanol–water partition coefficient (Wildman–Crippen LogP) is 3.20. The first-order chi connectivity index (χ1) is 10.9. The molecule has 0 saturated carbocycles. The van der Waals surface area contributed by atoms with Crippen LogP contribution in [-0.2, 0) is 6.18 Å². The van der Waals surface area contributed by atoms with Crippen LogP contribution in [-0.4, -0.2) is 20.2 Å². The molecule has 0 fully saturated rings. The number of nitrogen functional groups attached to an aromatic ring is 1. The molecule has 0 bridgehead atoms. The zero-order chi connectivity index (χ0) is 16.4. The van der Waals surface area contributed by atoms with Crippen LogP contribution in [0.5, 0.6) is 0 Å². The fraction of sp³-hybridized carbons (Fsp3) is 0.0667. The summed E-state index contributed by atoms with van der Waals surface area (Å²) in [7, 11) is 0. The van der Waals surface area contributed by atoms with Crippen LogP contribution in [0.1, 0.15) is 5.69 Å². The normalized spacial score (nSPS) is 11.4. The summed E-state index contributed by atoms with van der Waals surface area (Å²) in [5.41, 5.74) is 5.69. The van der Waals surface area contributed by atoms with E-state index in [1.54, 1.807) is 24.3 Å². The molecule has 0 atom stereocenters. The lowest BCUT2D eigenvalue weighted by Gasteiger charge is -2.10. The third-order valence-electron chi connectivity index (χ3n) is 3.03. The molecule has 0 spiro atoms. The van der Waals surface area contributed by atoms with Gasteiger partial charge in [-0.25, -0.2) is 9.97 Å². The van der Waals surface area contributed by atoms with Crippen LogP contribution in [0, 0.1) is 0 Å². The zero-order valence-electron chi connectivity index (χ0n) is 11.6. The van der Waals surface area contributed by atoms with Gasteiger partial charge in [-0.2, -0.15) is 13.2 Å². The van der Waals surface area contributed by atoms with Crippen LogP contribution in [0.2, 0.25) is 0 Å².